The van der Waals surface area contributed by atoms with Gasteiger partial charge in [0.1, 0.15) is 0 Å². The molecule has 2 heterocycles. The number of esters is 1. The number of aromatic nitrogens is 1. The highest BCUT2D eigenvalue weighted by atomic mass is 35.5. The third-order valence-corrected chi connectivity index (χ3v) is 5.28. The first-order chi connectivity index (χ1) is 13.2. The topological polar surface area (TPSA) is 77.2 Å². The molecule has 0 saturated carbocycles. The Morgan fingerprint density at radius 1 is 1.07 bits per heavy atom. The number of H-pyrrole nitrogens is 1. The van der Waals surface area contributed by atoms with Crippen LogP contribution >= 0.6 is 0 Å². The first-order valence-corrected chi connectivity index (χ1v) is 8.90. The quantitative estimate of drug-likeness (QED) is 0.545. The number of carbonyl (C=O) groups is 1. The normalized spacial score (nSPS) is 18.1. The van der Waals surface area contributed by atoms with Crippen molar-refractivity contribution >= 4 is 16.9 Å². The van der Waals surface area contributed by atoms with Crippen molar-refractivity contribution in [1.82, 2.24) is 4.98 Å². The number of nitrogens with two attached hydrogens (primary N) is 1. The number of halogens is 1. The Morgan fingerprint density at radius 2 is 1.82 bits per heavy atom. The standard InChI is InChI=1S/C21H22N2O4.ClH/c1-25-17-9-8-12(10-18(17)26-2)19-20-14(11-16(23-19)21(24)27-3)13-6-4-5-7-15(13)22-20;/h4-10,16,19,22-23H,11H2,1-3H3;1H. The number of benzene rings is 2. The molecule has 0 bridgehead atoms. The Labute approximate surface area is 169 Å². The summed E-state index contributed by atoms with van der Waals surface area (Å²) in [5.74, 6) is 1.14. The molecule has 2 atom stereocenters. The number of rotatable bonds is 4. The van der Waals surface area contributed by atoms with Gasteiger partial charge in [0.05, 0.1) is 27.0 Å². The minimum atomic E-state index is -0.292. The van der Waals surface area contributed by atoms with E-state index in [-0.39, 0.29) is 30.5 Å². The fraction of sp³-hybridized carbons (Fsp3) is 0.286. The highest BCUT2D eigenvalue weighted by Gasteiger charge is 2.38. The van der Waals surface area contributed by atoms with E-state index in [1.54, 1.807) is 14.2 Å². The lowest BCUT2D eigenvalue weighted by molar-refractivity contribution is -0.712. The van der Waals surface area contributed by atoms with Crippen LogP contribution in [0.4, 0.5) is 0 Å². The van der Waals surface area contributed by atoms with Crippen LogP contribution in [0.5, 0.6) is 11.5 Å². The molecule has 1 aliphatic heterocycles. The molecule has 3 aromatic rings. The van der Waals surface area contributed by atoms with Crippen molar-refractivity contribution in [3.63, 3.8) is 0 Å². The largest absolute Gasteiger partial charge is 1.00 e. The molecule has 0 radical (unpaired) electrons. The molecule has 0 spiro atoms. The highest BCUT2D eigenvalue weighted by Crippen LogP contribution is 2.35. The van der Waals surface area contributed by atoms with Crippen molar-refractivity contribution < 1.29 is 36.7 Å². The summed E-state index contributed by atoms with van der Waals surface area (Å²) in [5, 5.41) is 3.21. The Bertz CT molecular complexity index is 1000. The number of ether oxygens (including phenoxy) is 3. The molecular weight excluding hydrogens is 380 g/mol. The number of fused-ring (bicyclic) bond motifs is 3. The molecule has 148 valence electrons. The van der Waals surface area contributed by atoms with Crippen LogP contribution in [0.15, 0.2) is 42.5 Å². The second kappa shape index (κ2) is 8.12. The number of carbonyl (C=O) groups excluding carboxylic acids is 1. The molecule has 0 saturated heterocycles. The zero-order valence-electron chi connectivity index (χ0n) is 16.0. The van der Waals surface area contributed by atoms with E-state index in [0.29, 0.717) is 17.9 Å². The zero-order chi connectivity index (χ0) is 19.0. The molecule has 7 heteroatoms. The Kier molecular flexibility index (Phi) is 5.82. The summed E-state index contributed by atoms with van der Waals surface area (Å²) >= 11 is 0. The molecule has 1 aromatic heterocycles. The number of quaternary nitrogens is 1. The van der Waals surface area contributed by atoms with Crippen molar-refractivity contribution in [2.75, 3.05) is 21.3 Å². The summed E-state index contributed by atoms with van der Waals surface area (Å²) in [4.78, 5) is 15.9. The van der Waals surface area contributed by atoms with Crippen LogP contribution in [0.1, 0.15) is 22.9 Å². The molecule has 0 aliphatic carbocycles. The third-order valence-electron chi connectivity index (χ3n) is 5.28. The Morgan fingerprint density at radius 3 is 2.54 bits per heavy atom. The number of hydrogen-bond donors (Lipinski definition) is 2. The van der Waals surface area contributed by atoms with E-state index in [1.165, 1.54) is 12.7 Å². The van der Waals surface area contributed by atoms with Gasteiger partial charge in [0.2, 0.25) is 0 Å². The Balaban J connectivity index is 0.00000225. The second-order valence-corrected chi connectivity index (χ2v) is 6.68. The number of methoxy groups -OCH3 is 3. The van der Waals surface area contributed by atoms with Crippen LogP contribution in [0.25, 0.3) is 10.9 Å². The van der Waals surface area contributed by atoms with Crippen LogP contribution < -0.4 is 27.2 Å². The van der Waals surface area contributed by atoms with E-state index in [1.807, 2.05) is 30.3 Å². The van der Waals surface area contributed by atoms with Crippen LogP contribution in [-0.4, -0.2) is 38.3 Å². The van der Waals surface area contributed by atoms with Gasteiger partial charge >= 0.3 is 5.97 Å². The Hall–Kier alpha value is -2.70. The van der Waals surface area contributed by atoms with Crippen LogP contribution in [0.3, 0.4) is 0 Å². The molecule has 1 aliphatic rings. The van der Waals surface area contributed by atoms with E-state index in [9.17, 15) is 4.79 Å². The van der Waals surface area contributed by atoms with E-state index in [4.69, 9.17) is 14.2 Å². The molecule has 4 rings (SSSR count). The first-order valence-electron chi connectivity index (χ1n) is 8.90. The molecule has 2 aromatic carbocycles. The van der Waals surface area contributed by atoms with Crippen LogP contribution in [-0.2, 0) is 16.0 Å². The number of aromatic amines is 1. The van der Waals surface area contributed by atoms with Crippen molar-refractivity contribution in [1.29, 1.82) is 0 Å². The van der Waals surface area contributed by atoms with E-state index < -0.39 is 0 Å². The number of para-hydroxylation sites is 1. The summed E-state index contributed by atoms with van der Waals surface area (Å²) < 4.78 is 15.9. The lowest BCUT2D eigenvalue weighted by atomic mass is 9.90. The molecule has 28 heavy (non-hydrogen) atoms. The summed E-state index contributed by atoms with van der Waals surface area (Å²) in [6, 6.07) is 13.7. The average Bonchev–Trinajstić information content (AvgIpc) is 3.10. The van der Waals surface area contributed by atoms with Gasteiger partial charge in [-0.05, 0) is 29.8 Å². The predicted octanol–water partition coefficient (Wildman–Crippen LogP) is -1.06. The molecule has 3 N–H and O–H groups in total. The molecule has 0 fully saturated rings. The summed E-state index contributed by atoms with van der Waals surface area (Å²) in [6.07, 6.45) is 0.635. The highest BCUT2D eigenvalue weighted by molar-refractivity contribution is 5.86. The van der Waals surface area contributed by atoms with Gasteiger partial charge in [-0.15, -0.1) is 0 Å². The summed E-state index contributed by atoms with van der Waals surface area (Å²) in [6.45, 7) is 0. The molecule has 6 nitrogen and oxygen atoms in total. The van der Waals surface area contributed by atoms with E-state index in [2.05, 4.69) is 22.4 Å². The maximum Gasteiger partial charge on any atom is 0.364 e. The number of hydrogen-bond acceptors (Lipinski definition) is 4. The summed E-state index contributed by atoms with van der Waals surface area (Å²) in [7, 11) is 4.68. The van der Waals surface area contributed by atoms with E-state index >= 15 is 0 Å². The van der Waals surface area contributed by atoms with Gasteiger partial charge in [0, 0.05) is 22.9 Å². The van der Waals surface area contributed by atoms with Crippen LogP contribution in [0, 0.1) is 0 Å². The third kappa shape index (κ3) is 3.30. The smallest absolute Gasteiger partial charge is 0.364 e. The second-order valence-electron chi connectivity index (χ2n) is 6.68. The van der Waals surface area contributed by atoms with Gasteiger partial charge < -0.3 is 36.9 Å². The van der Waals surface area contributed by atoms with Gasteiger partial charge in [-0.1, -0.05) is 18.2 Å². The van der Waals surface area contributed by atoms with Crippen molar-refractivity contribution in [2.45, 2.75) is 18.5 Å². The maximum absolute atomic E-state index is 12.3. The predicted molar refractivity (Wildman–Crippen MR) is 101 cm³/mol. The molecular formula is C21H23ClN2O4. The zero-order valence-corrected chi connectivity index (χ0v) is 16.7. The number of nitrogens with one attached hydrogen (secondary N) is 1. The van der Waals surface area contributed by atoms with Crippen LogP contribution in [0.2, 0.25) is 0 Å². The summed E-state index contributed by atoms with van der Waals surface area (Å²) in [5.41, 5.74) is 4.40. The lowest BCUT2D eigenvalue weighted by Gasteiger charge is -2.27. The maximum atomic E-state index is 12.3. The fourth-order valence-electron chi connectivity index (χ4n) is 3.96. The van der Waals surface area contributed by atoms with Crippen molar-refractivity contribution in [3.05, 3.63) is 59.3 Å². The monoisotopic (exact) mass is 402 g/mol. The van der Waals surface area contributed by atoms with E-state index in [0.717, 1.165) is 22.2 Å². The first kappa shape index (κ1) is 20.0. The van der Waals surface area contributed by atoms with Crippen molar-refractivity contribution in [2.24, 2.45) is 0 Å². The SMILES string of the molecule is COC(=O)C1Cc2c([nH]c3ccccc23)C(c2ccc(OC)c(OC)c2)[NH2+]1.[Cl-]. The average molecular weight is 403 g/mol. The molecule has 2 unspecified atom stereocenters. The lowest BCUT2D eigenvalue weighted by Crippen LogP contribution is -3.00. The molecule has 0 amide bonds. The van der Waals surface area contributed by atoms with Gasteiger partial charge in [-0.3, -0.25) is 0 Å². The van der Waals surface area contributed by atoms with Gasteiger partial charge in [0.15, 0.2) is 23.6 Å². The van der Waals surface area contributed by atoms with Gasteiger partial charge in [-0.25, -0.2) is 4.79 Å². The van der Waals surface area contributed by atoms with Gasteiger partial charge in [-0.2, -0.15) is 0 Å². The van der Waals surface area contributed by atoms with Crippen molar-refractivity contribution in [3.8, 4) is 11.5 Å². The minimum Gasteiger partial charge on any atom is -1.00 e. The fourth-order valence-corrected chi connectivity index (χ4v) is 3.96. The minimum absolute atomic E-state index is 0. The van der Waals surface area contributed by atoms with Gasteiger partial charge in [0.25, 0.3) is 0 Å².